The van der Waals surface area contributed by atoms with Crippen LogP contribution in [0.3, 0.4) is 0 Å². The number of carbonyl (C=O) groups is 3. The molecule has 3 amide bonds. The molecule has 9 nitrogen and oxygen atoms in total. The lowest BCUT2D eigenvalue weighted by atomic mass is 10.2. The average molecular weight is 452 g/mol. The average Bonchev–Trinajstić information content (AvgIpc) is 2.73. The number of hydrogen-bond donors (Lipinski definition) is 3. The van der Waals surface area contributed by atoms with Crippen LogP contribution in [0.25, 0.3) is 0 Å². The summed E-state index contributed by atoms with van der Waals surface area (Å²) in [5, 5.41) is 5.81. The van der Waals surface area contributed by atoms with Crippen molar-refractivity contribution in [1.82, 2.24) is 5.43 Å². The summed E-state index contributed by atoms with van der Waals surface area (Å²) in [7, 11) is 0. The van der Waals surface area contributed by atoms with Crippen molar-refractivity contribution in [3.63, 3.8) is 0 Å². The molecule has 0 atom stereocenters. The van der Waals surface area contributed by atoms with Gasteiger partial charge < -0.3 is 20.5 Å². The van der Waals surface area contributed by atoms with E-state index in [1.54, 1.807) is 13.0 Å². The van der Waals surface area contributed by atoms with E-state index in [4.69, 9.17) is 15.2 Å². The number of hydrazone groups is 1. The van der Waals surface area contributed by atoms with E-state index in [1.807, 2.05) is 5.43 Å². The molecule has 0 radical (unpaired) electrons. The van der Waals surface area contributed by atoms with Crippen LogP contribution in [0, 0.1) is 0 Å². The van der Waals surface area contributed by atoms with Crippen LogP contribution in [-0.4, -0.2) is 37.1 Å². The third kappa shape index (κ3) is 7.31. The number of carbonyl (C=O) groups excluding carboxylic acids is 3. The minimum absolute atomic E-state index is 0.00929. The smallest absolute Gasteiger partial charge is 0.416 e. The van der Waals surface area contributed by atoms with Crippen LogP contribution < -0.4 is 25.9 Å². The number of primary amides is 1. The number of nitrogens with zero attached hydrogens (tertiary/aromatic N) is 1. The summed E-state index contributed by atoms with van der Waals surface area (Å²) in [5.41, 5.74) is 6.64. The molecule has 0 heterocycles. The monoisotopic (exact) mass is 452 g/mol. The Morgan fingerprint density at radius 3 is 2.31 bits per heavy atom. The number of nitrogens with one attached hydrogen (secondary N) is 2. The van der Waals surface area contributed by atoms with Gasteiger partial charge in [0.1, 0.15) is 0 Å². The molecule has 0 fully saturated rings. The van der Waals surface area contributed by atoms with Gasteiger partial charge in [0.2, 0.25) is 0 Å². The standard InChI is InChI=1S/C20H19F3N4O5/c1-2-31-16-9-12(3-8-15(16)32-11-17(24)28)10-25-27-19(30)18(29)26-14-6-4-13(5-7-14)20(21,22)23/h3-10H,2,11H2,1H3,(H2,24,28)(H,26,29)(H,27,30)/b25-10+. The molecule has 0 spiro atoms. The van der Waals surface area contributed by atoms with E-state index in [-0.39, 0.29) is 18.0 Å². The summed E-state index contributed by atoms with van der Waals surface area (Å²) in [6.07, 6.45) is -3.29. The maximum Gasteiger partial charge on any atom is 0.416 e. The van der Waals surface area contributed by atoms with Gasteiger partial charge >= 0.3 is 18.0 Å². The number of anilines is 1. The maximum absolute atomic E-state index is 12.5. The molecule has 12 heteroatoms. The minimum atomic E-state index is -4.51. The molecule has 0 saturated heterocycles. The highest BCUT2D eigenvalue weighted by molar-refractivity contribution is 6.39. The Balaban J connectivity index is 1.96. The SMILES string of the molecule is CCOc1cc(/C=N/NC(=O)C(=O)Nc2ccc(C(F)(F)F)cc2)ccc1OCC(N)=O. The molecule has 32 heavy (non-hydrogen) atoms. The Bertz CT molecular complexity index is 1010. The van der Waals surface area contributed by atoms with Crippen LogP contribution in [0.15, 0.2) is 47.6 Å². The lowest BCUT2D eigenvalue weighted by molar-refractivity contribution is -0.137. The highest BCUT2D eigenvalue weighted by Gasteiger charge is 2.30. The van der Waals surface area contributed by atoms with Gasteiger partial charge in [-0.3, -0.25) is 14.4 Å². The number of halogens is 3. The maximum atomic E-state index is 12.5. The van der Waals surface area contributed by atoms with Crippen molar-refractivity contribution in [1.29, 1.82) is 0 Å². The summed E-state index contributed by atoms with van der Waals surface area (Å²) in [6, 6.07) is 8.18. The first-order chi connectivity index (χ1) is 15.1. The van der Waals surface area contributed by atoms with Crippen LogP contribution >= 0.6 is 0 Å². The second-order valence-corrected chi connectivity index (χ2v) is 6.12. The zero-order chi connectivity index (χ0) is 23.7. The first-order valence-electron chi connectivity index (χ1n) is 9.09. The van der Waals surface area contributed by atoms with Gasteiger partial charge in [-0.1, -0.05) is 0 Å². The summed E-state index contributed by atoms with van der Waals surface area (Å²) < 4.78 is 48.3. The Morgan fingerprint density at radius 1 is 1.03 bits per heavy atom. The first-order valence-corrected chi connectivity index (χ1v) is 9.09. The number of amides is 3. The second kappa shape index (κ2) is 10.8. The van der Waals surface area contributed by atoms with Crippen LogP contribution in [0.2, 0.25) is 0 Å². The summed E-state index contributed by atoms with van der Waals surface area (Å²) >= 11 is 0. The minimum Gasteiger partial charge on any atom is -0.490 e. The van der Waals surface area contributed by atoms with Crippen molar-refractivity contribution < 1.29 is 37.0 Å². The zero-order valence-electron chi connectivity index (χ0n) is 16.7. The predicted molar refractivity (Wildman–Crippen MR) is 108 cm³/mol. The molecule has 170 valence electrons. The van der Waals surface area contributed by atoms with Gasteiger partial charge in [0, 0.05) is 5.69 Å². The van der Waals surface area contributed by atoms with E-state index in [1.165, 1.54) is 18.3 Å². The molecule has 0 bridgehead atoms. The van der Waals surface area contributed by atoms with Crippen LogP contribution in [0.5, 0.6) is 11.5 Å². The molecule has 0 saturated carbocycles. The van der Waals surface area contributed by atoms with Crippen LogP contribution in [-0.2, 0) is 20.6 Å². The Morgan fingerprint density at radius 2 is 1.72 bits per heavy atom. The molecule has 4 N–H and O–H groups in total. The number of rotatable bonds is 8. The van der Waals surface area contributed by atoms with Crippen LogP contribution in [0.4, 0.5) is 18.9 Å². The van der Waals surface area contributed by atoms with Gasteiger partial charge in [0.25, 0.3) is 5.91 Å². The van der Waals surface area contributed by atoms with Crippen molar-refractivity contribution in [3.05, 3.63) is 53.6 Å². The number of nitrogens with two attached hydrogens (primary N) is 1. The van der Waals surface area contributed by atoms with Crippen LogP contribution in [0.1, 0.15) is 18.1 Å². The predicted octanol–water partition coefficient (Wildman–Crippen LogP) is 2.06. The summed E-state index contributed by atoms with van der Waals surface area (Å²) in [5.74, 6) is -2.32. The van der Waals surface area contributed by atoms with E-state index in [9.17, 15) is 27.6 Å². The highest BCUT2D eigenvalue weighted by atomic mass is 19.4. The Labute approximate surface area is 180 Å². The molecule has 0 aliphatic heterocycles. The normalized spacial score (nSPS) is 11.1. The molecule has 0 aliphatic rings. The Kier molecular flexibility index (Phi) is 8.16. The van der Waals surface area contributed by atoms with Gasteiger partial charge in [-0.2, -0.15) is 18.3 Å². The molecule has 0 aliphatic carbocycles. The van der Waals surface area contributed by atoms with Gasteiger partial charge in [-0.25, -0.2) is 5.43 Å². The van der Waals surface area contributed by atoms with Gasteiger partial charge in [-0.05, 0) is 55.0 Å². The zero-order valence-corrected chi connectivity index (χ0v) is 16.7. The van der Waals surface area contributed by atoms with Gasteiger partial charge in [0.15, 0.2) is 18.1 Å². The molecular weight excluding hydrogens is 433 g/mol. The number of benzene rings is 2. The lowest BCUT2D eigenvalue weighted by Gasteiger charge is -2.11. The van der Waals surface area contributed by atoms with Gasteiger partial charge in [0.05, 0.1) is 18.4 Å². The van der Waals surface area contributed by atoms with E-state index in [0.29, 0.717) is 17.9 Å². The van der Waals surface area contributed by atoms with Crippen molar-refractivity contribution in [2.24, 2.45) is 10.8 Å². The first kappa shape index (κ1) is 24.2. The fourth-order valence-electron chi connectivity index (χ4n) is 2.29. The van der Waals surface area contributed by atoms with Crippen molar-refractivity contribution in [3.8, 4) is 11.5 Å². The highest BCUT2D eigenvalue weighted by Crippen LogP contribution is 2.30. The largest absolute Gasteiger partial charge is 0.490 e. The number of alkyl halides is 3. The molecule has 2 aromatic rings. The summed E-state index contributed by atoms with van der Waals surface area (Å²) in [4.78, 5) is 34.5. The third-order valence-corrected chi connectivity index (χ3v) is 3.69. The summed E-state index contributed by atoms with van der Waals surface area (Å²) in [6.45, 7) is 1.72. The molecular formula is C20H19F3N4O5. The van der Waals surface area contributed by atoms with E-state index in [0.717, 1.165) is 24.3 Å². The molecule has 2 rings (SSSR count). The van der Waals surface area contributed by atoms with E-state index >= 15 is 0 Å². The van der Waals surface area contributed by atoms with Crippen molar-refractivity contribution >= 4 is 29.6 Å². The van der Waals surface area contributed by atoms with Crippen molar-refractivity contribution in [2.45, 2.75) is 13.1 Å². The third-order valence-electron chi connectivity index (χ3n) is 3.69. The fraction of sp³-hybridized carbons (Fsp3) is 0.200. The Hall–Kier alpha value is -4.09. The van der Waals surface area contributed by atoms with Gasteiger partial charge in [-0.15, -0.1) is 0 Å². The topological polar surface area (TPSA) is 132 Å². The quantitative estimate of drug-likeness (QED) is 0.320. The number of hydrogen-bond acceptors (Lipinski definition) is 6. The van der Waals surface area contributed by atoms with Crippen molar-refractivity contribution in [2.75, 3.05) is 18.5 Å². The number of ether oxygens (including phenoxy) is 2. The fourth-order valence-corrected chi connectivity index (χ4v) is 2.29. The van der Waals surface area contributed by atoms with E-state index in [2.05, 4.69) is 10.4 Å². The molecule has 0 unspecified atom stereocenters. The van der Waals surface area contributed by atoms with E-state index < -0.39 is 29.5 Å². The molecule has 2 aromatic carbocycles. The lowest BCUT2D eigenvalue weighted by Crippen LogP contribution is -2.32. The molecule has 0 aromatic heterocycles. The second-order valence-electron chi connectivity index (χ2n) is 6.12.